The van der Waals surface area contributed by atoms with Crippen LogP contribution in [-0.4, -0.2) is 20.3 Å². The molecule has 1 atom stereocenters. The summed E-state index contributed by atoms with van der Waals surface area (Å²) >= 11 is 1.77. The van der Waals surface area contributed by atoms with Crippen molar-refractivity contribution >= 4 is 17.0 Å². The van der Waals surface area contributed by atoms with Crippen molar-refractivity contribution in [1.29, 1.82) is 0 Å². The van der Waals surface area contributed by atoms with E-state index in [2.05, 4.69) is 29.8 Å². The van der Waals surface area contributed by atoms with Crippen molar-refractivity contribution in [2.75, 3.05) is 25.6 Å². The Morgan fingerprint density at radius 1 is 1.16 bits per heavy atom. The van der Waals surface area contributed by atoms with Crippen molar-refractivity contribution in [3.05, 3.63) is 46.7 Å². The van der Waals surface area contributed by atoms with Gasteiger partial charge in [-0.05, 0) is 42.6 Å². The summed E-state index contributed by atoms with van der Waals surface area (Å²) in [6.45, 7) is 3.35. The van der Waals surface area contributed by atoms with Crippen LogP contribution in [0.5, 0.6) is 5.75 Å². The zero-order chi connectivity index (χ0) is 13.5. The topological polar surface area (TPSA) is 30.5 Å². The highest BCUT2D eigenvalue weighted by Gasteiger charge is 2.05. The van der Waals surface area contributed by atoms with E-state index in [-0.39, 0.29) is 0 Å². The molecule has 0 fully saturated rings. The summed E-state index contributed by atoms with van der Waals surface area (Å²) < 4.78 is 10.5. The summed E-state index contributed by atoms with van der Waals surface area (Å²) in [5, 5.41) is 5.57. The molecule has 0 bridgehead atoms. The molecule has 0 saturated carbocycles. The molecular weight excluding hydrogens is 258 g/mol. The SMILES string of the molecule is COCCOc1ccc(NC(C)c2cccs2)cc1. The quantitative estimate of drug-likeness (QED) is 0.777. The number of ether oxygens (including phenoxy) is 2. The van der Waals surface area contributed by atoms with Gasteiger partial charge in [0, 0.05) is 17.7 Å². The Labute approximate surface area is 118 Å². The summed E-state index contributed by atoms with van der Waals surface area (Å²) in [7, 11) is 1.67. The van der Waals surface area contributed by atoms with Crippen LogP contribution in [0.15, 0.2) is 41.8 Å². The van der Waals surface area contributed by atoms with Gasteiger partial charge in [-0.15, -0.1) is 11.3 Å². The lowest BCUT2D eigenvalue weighted by Crippen LogP contribution is -2.06. The molecule has 3 nitrogen and oxygen atoms in total. The van der Waals surface area contributed by atoms with Crippen LogP contribution in [0.25, 0.3) is 0 Å². The van der Waals surface area contributed by atoms with Gasteiger partial charge in [-0.25, -0.2) is 0 Å². The first-order valence-corrected chi connectivity index (χ1v) is 7.19. The zero-order valence-corrected chi connectivity index (χ0v) is 12.1. The molecule has 102 valence electrons. The fraction of sp³-hybridized carbons (Fsp3) is 0.333. The van der Waals surface area contributed by atoms with Crippen molar-refractivity contribution in [1.82, 2.24) is 0 Å². The highest BCUT2D eigenvalue weighted by Crippen LogP contribution is 2.24. The lowest BCUT2D eigenvalue weighted by Gasteiger charge is -2.14. The van der Waals surface area contributed by atoms with Crippen LogP contribution in [0.2, 0.25) is 0 Å². The van der Waals surface area contributed by atoms with Crippen LogP contribution in [0.1, 0.15) is 17.8 Å². The molecule has 0 aliphatic carbocycles. The Kier molecular flexibility index (Phi) is 5.24. The van der Waals surface area contributed by atoms with Gasteiger partial charge in [-0.2, -0.15) is 0 Å². The van der Waals surface area contributed by atoms with Gasteiger partial charge in [-0.1, -0.05) is 6.07 Å². The largest absolute Gasteiger partial charge is 0.491 e. The van der Waals surface area contributed by atoms with E-state index in [9.17, 15) is 0 Å². The molecule has 0 spiro atoms. The molecule has 0 aliphatic heterocycles. The van der Waals surface area contributed by atoms with Gasteiger partial charge in [0.1, 0.15) is 12.4 Å². The highest BCUT2D eigenvalue weighted by atomic mass is 32.1. The van der Waals surface area contributed by atoms with Gasteiger partial charge in [0.05, 0.1) is 12.6 Å². The van der Waals surface area contributed by atoms with Gasteiger partial charge in [-0.3, -0.25) is 0 Å². The summed E-state index contributed by atoms with van der Waals surface area (Å²) in [5.74, 6) is 0.867. The van der Waals surface area contributed by atoms with E-state index in [0.717, 1.165) is 11.4 Å². The van der Waals surface area contributed by atoms with E-state index < -0.39 is 0 Å². The fourth-order valence-corrected chi connectivity index (χ4v) is 2.48. The minimum Gasteiger partial charge on any atom is -0.491 e. The maximum Gasteiger partial charge on any atom is 0.119 e. The van der Waals surface area contributed by atoms with Crippen molar-refractivity contribution in [2.45, 2.75) is 13.0 Å². The Balaban J connectivity index is 1.88. The van der Waals surface area contributed by atoms with E-state index in [0.29, 0.717) is 19.3 Å². The normalized spacial score (nSPS) is 12.1. The minimum atomic E-state index is 0.320. The first-order valence-electron chi connectivity index (χ1n) is 6.31. The summed E-state index contributed by atoms with van der Waals surface area (Å²) in [6.07, 6.45) is 0. The van der Waals surface area contributed by atoms with Crippen LogP contribution in [0, 0.1) is 0 Å². The predicted octanol–water partition coefficient (Wildman–Crippen LogP) is 3.95. The zero-order valence-electron chi connectivity index (χ0n) is 11.3. The monoisotopic (exact) mass is 277 g/mol. The summed E-state index contributed by atoms with van der Waals surface area (Å²) in [6, 6.07) is 12.5. The standard InChI is InChI=1S/C15H19NO2S/c1-12(15-4-3-11-19-15)16-13-5-7-14(8-6-13)18-10-9-17-2/h3-8,11-12,16H,9-10H2,1-2H3. The molecule has 1 heterocycles. The van der Waals surface area contributed by atoms with Crippen LogP contribution >= 0.6 is 11.3 Å². The highest BCUT2D eigenvalue weighted by molar-refractivity contribution is 7.10. The van der Waals surface area contributed by atoms with Crippen LogP contribution in [-0.2, 0) is 4.74 Å². The molecular formula is C15H19NO2S. The van der Waals surface area contributed by atoms with E-state index in [4.69, 9.17) is 9.47 Å². The number of methoxy groups -OCH3 is 1. The van der Waals surface area contributed by atoms with Crippen molar-refractivity contribution in [3.63, 3.8) is 0 Å². The molecule has 0 radical (unpaired) electrons. The third kappa shape index (κ3) is 4.26. The van der Waals surface area contributed by atoms with Crippen LogP contribution in [0.4, 0.5) is 5.69 Å². The number of thiophene rings is 1. The maximum absolute atomic E-state index is 5.53. The van der Waals surface area contributed by atoms with Crippen molar-refractivity contribution < 1.29 is 9.47 Å². The van der Waals surface area contributed by atoms with Crippen LogP contribution in [0.3, 0.4) is 0 Å². The van der Waals surface area contributed by atoms with E-state index in [1.807, 2.05) is 24.3 Å². The van der Waals surface area contributed by atoms with Crippen molar-refractivity contribution in [3.8, 4) is 5.75 Å². The van der Waals surface area contributed by atoms with Crippen molar-refractivity contribution in [2.24, 2.45) is 0 Å². The third-order valence-corrected chi connectivity index (χ3v) is 3.82. The molecule has 4 heteroatoms. The second kappa shape index (κ2) is 7.16. The molecule has 1 aromatic carbocycles. The maximum atomic E-state index is 5.53. The van der Waals surface area contributed by atoms with Crippen LogP contribution < -0.4 is 10.1 Å². The number of benzene rings is 1. The Hall–Kier alpha value is -1.52. The number of rotatable bonds is 7. The fourth-order valence-electron chi connectivity index (χ4n) is 1.75. The minimum absolute atomic E-state index is 0.320. The van der Waals surface area contributed by atoms with Gasteiger partial charge < -0.3 is 14.8 Å². The number of hydrogen-bond donors (Lipinski definition) is 1. The Morgan fingerprint density at radius 2 is 1.95 bits per heavy atom. The first kappa shape index (κ1) is 13.9. The van der Waals surface area contributed by atoms with E-state index in [1.165, 1.54) is 4.88 Å². The molecule has 19 heavy (non-hydrogen) atoms. The molecule has 1 unspecified atom stereocenters. The van der Waals surface area contributed by atoms with E-state index in [1.54, 1.807) is 18.4 Å². The predicted molar refractivity (Wildman–Crippen MR) is 80.2 cm³/mol. The number of nitrogens with one attached hydrogen (secondary N) is 1. The first-order chi connectivity index (χ1) is 9.29. The molecule has 1 N–H and O–H groups in total. The smallest absolute Gasteiger partial charge is 0.119 e. The molecule has 2 rings (SSSR count). The molecule has 1 aromatic heterocycles. The Morgan fingerprint density at radius 3 is 2.58 bits per heavy atom. The summed E-state index contributed by atoms with van der Waals surface area (Å²) in [5.41, 5.74) is 1.10. The Bertz CT molecular complexity index is 467. The van der Waals surface area contributed by atoms with Gasteiger partial charge >= 0.3 is 0 Å². The summed E-state index contributed by atoms with van der Waals surface area (Å²) in [4.78, 5) is 1.33. The number of anilines is 1. The second-order valence-electron chi connectivity index (χ2n) is 4.25. The van der Waals surface area contributed by atoms with Gasteiger partial charge in [0.25, 0.3) is 0 Å². The van der Waals surface area contributed by atoms with Gasteiger partial charge in [0.2, 0.25) is 0 Å². The molecule has 0 amide bonds. The van der Waals surface area contributed by atoms with Gasteiger partial charge in [0.15, 0.2) is 0 Å². The lowest BCUT2D eigenvalue weighted by atomic mass is 10.2. The van der Waals surface area contributed by atoms with E-state index >= 15 is 0 Å². The second-order valence-corrected chi connectivity index (χ2v) is 5.23. The lowest BCUT2D eigenvalue weighted by molar-refractivity contribution is 0.146. The average Bonchev–Trinajstić information content (AvgIpc) is 2.95. The third-order valence-electron chi connectivity index (χ3n) is 2.76. The molecule has 0 saturated heterocycles. The average molecular weight is 277 g/mol. The molecule has 0 aliphatic rings. The molecule has 2 aromatic rings. The number of hydrogen-bond acceptors (Lipinski definition) is 4.